The lowest BCUT2D eigenvalue weighted by molar-refractivity contribution is 0.235. The quantitative estimate of drug-likeness (QED) is 0.590. The van der Waals surface area contributed by atoms with E-state index in [2.05, 4.69) is 34.6 Å². The van der Waals surface area contributed by atoms with Gasteiger partial charge in [0.1, 0.15) is 0 Å². The molecule has 0 aromatic rings. The lowest BCUT2D eigenvalue weighted by atomic mass is 9.79. The van der Waals surface area contributed by atoms with Crippen LogP contribution >= 0.6 is 0 Å². The molecule has 0 spiro atoms. The summed E-state index contributed by atoms with van der Waals surface area (Å²) >= 11 is 0. The molecule has 2 unspecified atom stereocenters. The second-order valence-corrected chi connectivity index (χ2v) is 6.37. The fourth-order valence-corrected chi connectivity index (χ4v) is 2.74. The molecule has 0 nitrogen and oxygen atoms in total. The predicted molar refractivity (Wildman–Crippen MR) is 59.7 cm³/mol. The van der Waals surface area contributed by atoms with Gasteiger partial charge in [-0.05, 0) is 42.4 Å². The zero-order valence-electron chi connectivity index (χ0n) is 10.1. The highest BCUT2D eigenvalue weighted by Gasteiger charge is 2.32. The maximum absolute atomic E-state index is 2.40. The fraction of sp³-hybridized carbons (Fsp3) is 1.00. The van der Waals surface area contributed by atoms with Gasteiger partial charge in [0.15, 0.2) is 0 Å². The molecule has 1 aliphatic rings. The molecule has 0 aliphatic heterocycles. The molecule has 0 amide bonds. The van der Waals surface area contributed by atoms with Crippen molar-refractivity contribution in [1.82, 2.24) is 0 Å². The molecular formula is C13H26. The summed E-state index contributed by atoms with van der Waals surface area (Å²) < 4.78 is 0. The molecule has 0 N–H and O–H groups in total. The molecule has 1 aliphatic carbocycles. The molecule has 2 atom stereocenters. The lowest BCUT2D eigenvalue weighted by Crippen LogP contribution is -2.17. The highest BCUT2D eigenvalue weighted by atomic mass is 14.4. The standard InChI is InChI=1S/C13H26/c1-10(2)8-11-6-7-12(9-11)13(3,4)5/h10-12H,6-9H2,1-5H3. The Morgan fingerprint density at radius 1 is 1.15 bits per heavy atom. The van der Waals surface area contributed by atoms with E-state index in [9.17, 15) is 0 Å². The van der Waals surface area contributed by atoms with Crippen LogP contribution in [0.4, 0.5) is 0 Å². The molecule has 0 heterocycles. The second kappa shape index (κ2) is 4.02. The molecule has 1 rings (SSSR count). The highest BCUT2D eigenvalue weighted by molar-refractivity contribution is 4.83. The average molecular weight is 182 g/mol. The molecule has 0 bridgehead atoms. The van der Waals surface area contributed by atoms with Gasteiger partial charge in [0, 0.05) is 0 Å². The van der Waals surface area contributed by atoms with Gasteiger partial charge in [-0.2, -0.15) is 0 Å². The normalized spacial score (nSPS) is 30.0. The van der Waals surface area contributed by atoms with Gasteiger partial charge < -0.3 is 0 Å². The van der Waals surface area contributed by atoms with Crippen molar-refractivity contribution in [2.24, 2.45) is 23.2 Å². The van der Waals surface area contributed by atoms with E-state index in [1.807, 2.05) is 0 Å². The zero-order chi connectivity index (χ0) is 10.1. The number of rotatable bonds is 2. The van der Waals surface area contributed by atoms with Gasteiger partial charge in [-0.3, -0.25) is 0 Å². The van der Waals surface area contributed by atoms with Crippen molar-refractivity contribution in [1.29, 1.82) is 0 Å². The largest absolute Gasteiger partial charge is 0.0628 e. The Balaban J connectivity index is 2.36. The van der Waals surface area contributed by atoms with Crippen molar-refractivity contribution >= 4 is 0 Å². The van der Waals surface area contributed by atoms with Gasteiger partial charge in [0.2, 0.25) is 0 Å². The minimum absolute atomic E-state index is 0.547. The third-order valence-corrected chi connectivity index (χ3v) is 3.57. The summed E-state index contributed by atoms with van der Waals surface area (Å²) in [6.07, 6.45) is 5.90. The maximum Gasteiger partial charge on any atom is -0.0354 e. The van der Waals surface area contributed by atoms with Crippen molar-refractivity contribution in [2.45, 2.75) is 60.3 Å². The van der Waals surface area contributed by atoms with E-state index in [0.717, 1.165) is 17.8 Å². The lowest BCUT2D eigenvalue weighted by Gasteiger charge is -2.27. The van der Waals surface area contributed by atoms with Crippen LogP contribution in [-0.4, -0.2) is 0 Å². The highest BCUT2D eigenvalue weighted by Crippen LogP contribution is 2.43. The first-order chi connectivity index (χ1) is 5.89. The Labute approximate surface area is 84.1 Å². The van der Waals surface area contributed by atoms with Crippen LogP contribution in [0.25, 0.3) is 0 Å². The predicted octanol–water partition coefficient (Wildman–Crippen LogP) is 4.49. The van der Waals surface area contributed by atoms with Gasteiger partial charge >= 0.3 is 0 Å². The molecule has 0 aromatic carbocycles. The summed E-state index contributed by atoms with van der Waals surface area (Å²) in [5.41, 5.74) is 0.547. The molecule has 0 saturated heterocycles. The van der Waals surface area contributed by atoms with Crippen LogP contribution in [-0.2, 0) is 0 Å². The topological polar surface area (TPSA) is 0 Å². The molecular weight excluding hydrogens is 156 g/mol. The van der Waals surface area contributed by atoms with Crippen LogP contribution in [0.3, 0.4) is 0 Å². The van der Waals surface area contributed by atoms with Gasteiger partial charge in [-0.25, -0.2) is 0 Å². The van der Waals surface area contributed by atoms with Gasteiger partial charge in [-0.1, -0.05) is 41.0 Å². The first-order valence-electron chi connectivity index (χ1n) is 5.89. The Hall–Kier alpha value is 0. The Morgan fingerprint density at radius 2 is 1.77 bits per heavy atom. The van der Waals surface area contributed by atoms with Crippen molar-refractivity contribution in [3.8, 4) is 0 Å². The van der Waals surface area contributed by atoms with Crippen LogP contribution < -0.4 is 0 Å². The van der Waals surface area contributed by atoms with E-state index < -0.39 is 0 Å². The van der Waals surface area contributed by atoms with Crippen molar-refractivity contribution in [2.75, 3.05) is 0 Å². The average Bonchev–Trinajstić information content (AvgIpc) is 2.32. The van der Waals surface area contributed by atoms with Crippen molar-refractivity contribution in [3.05, 3.63) is 0 Å². The number of hydrogen-bond acceptors (Lipinski definition) is 0. The molecule has 0 heteroatoms. The van der Waals surface area contributed by atoms with Gasteiger partial charge in [0.05, 0.1) is 0 Å². The van der Waals surface area contributed by atoms with E-state index in [4.69, 9.17) is 0 Å². The summed E-state index contributed by atoms with van der Waals surface area (Å²) in [5, 5.41) is 0. The van der Waals surface area contributed by atoms with E-state index >= 15 is 0 Å². The Bertz CT molecular complexity index is 150. The summed E-state index contributed by atoms with van der Waals surface area (Å²) in [4.78, 5) is 0. The zero-order valence-corrected chi connectivity index (χ0v) is 10.1. The van der Waals surface area contributed by atoms with Crippen LogP contribution in [0.5, 0.6) is 0 Å². The molecule has 1 saturated carbocycles. The minimum Gasteiger partial charge on any atom is -0.0628 e. The van der Waals surface area contributed by atoms with E-state index in [0.29, 0.717) is 5.41 Å². The summed E-state index contributed by atoms with van der Waals surface area (Å²) in [6, 6.07) is 0. The number of hydrogen-bond donors (Lipinski definition) is 0. The van der Waals surface area contributed by atoms with E-state index in [1.165, 1.54) is 25.7 Å². The first kappa shape index (κ1) is 11.1. The third kappa shape index (κ3) is 3.32. The van der Waals surface area contributed by atoms with Gasteiger partial charge in [0.25, 0.3) is 0 Å². The molecule has 0 radical (unpaired) electrons. The summed E-state index contributed by atoms with van der Waals surface area (Å²) in [6.45, 7) is 11.9. The maximum atomic E-state index is 2.40. The first-order valence-corrected chi connectivity index (χ1v) is 5.89. The van der Waals surface area contributed by atoms with Crippen LogP contribution in [0.2, 0.25) is 0 Å². The Morgan fingerprint density at radius 3 is 2.15 bits per heavy atom. The SMILES string of the molecule is CC(C)CC1CCC(C(C)(C)C)C1. The van der Waals surface area contributed by atoms with Crippen LogP contribution in [0.1, 0.15) is 60.3 Å². The molecule has 1 fully saturated rings. The molecule has 0 aromatic heterocycles. The van der Waals surface area contributed by atoms with E-state index in [-0.39, 0.29) is 0 Å². The Kier molecular flexibility index (Phi) is 3.43. The smallest absolute Gasteiger partial charge is 0.0354 e. The summed E-state index contributed by atoms with van der Waals surface area (Å²) in [5.74, 6) is 2.91. The molecule has 78 valence electrons. The minimum atomic E-state index is 0.547. The van der Waals surface area contributed by atoms with Gasteiger partial charge in [-0.15, -0.1) is 0 Å². The van der Waals surface area contributed by atoms with Crippen LogP contribution in [0.15, 0.2) is 0 Å². The van der Waals surface area contributed by atoms with Crippen LogP contribution in [0, 0.1) is 23.2 Å². The monoisotopic (exact) mass is 182 g/mol. The van der Waals surface area contributed by atoms with E-state index in [1.54, 1.807) is 0 Å². The van der Waals surface area contributed by atoms with Crippen molar-refractivity contribution in [3.63, 3.8) is 0 Å². The summed E-state index contributed by atoms with van der Waals surface area (Å²) in [7, 11) is 0. The second-order valence-electron chi connectivity index (χ2n) is 6.37. The van der Waals surface area contributed by atoms with Crippen molar-refractivity contribution < 1.29 is 0 Å². The fourth-order valence-electron chi connectivity index (χ4n) is 2.74. The molecule has 13 heavy (non-hydrogen) atoms. The third-order valence-electron chi connectivity index (χ3n) is 3.57.